The van der Waals surface area contributed by atoms with E-state index >= 15 is 0 Å². The molecule has 1 aliphatic heterocycles. The number of aryl methyl sites for hydroxylation is 1. The molecule has 1 amide bonds. The maximum atomic E-state index is 14.9. The molecule has 1 saturated heterocycles. The molecule has 5 rings (SSSR count). The Morgan fingerprint density at radius 1 is 1.14 bits per heavy atom. The van der Waals surface area contributed by atoms with E-state index in [0.717, 1.165) is 17.5 Å². The van der Waals surface area contributed by atoms with Crippen LogP contribution < -0.4 is 15.0 Å². The van der Waals surface area contributed by atoms with Crippen LogP contribution in [-0.4, -0.2) is 62.3 Å². The molecule has 0 aliphatic carbocycles. The lowest BCUT2D eigenvalue weighted by molar-refractivity contribution is -0.118. The van der Waals surface area contributed by atoms with Crippen molar-refractivity contribution in [1.29, 1.82) is 0 Å². The highest BCUT2D eigenvalue weighted by Gasteiger charge is 2.21. The normalized spacial score (nSPS) is 14.3. The summed E-state index contributed by atoms with van der Waals surface area (Å²) in [5, 5.41) is 2.99. The zero-order valence-corrected chi connectivity index (χ0v) is 21.0. The van der Waals surface area contributed by atoms with Crippen molar-refractivity contribution in [3.05, 3.63) is 42.2 Å². The van der Waals surface area contributed by atoms with Gasteiger partial charge in [0.1, 0.15) is 17.3 Å². The van der Waals surface area contributed by atoms with E-state index in [1.54, 1.807) is 29.3 Å². The lowest BCUT2D eigenvalue weighted by atomic mass is 10.2. The minimum absolute atomic E-state index is 0.0126. The van der Waals surface area contributed by atoms with Crippen LogP contribution in [0.3, 0.4) is 0 Å². The van der Waals surface area contributed by atoms with Crippen LogP contribution in [0.4, 0.5) is 21.8 Å². The second-order valence-corrected chi connectivity index (χ2v) is 8.83. The Bertz CT molecular complexity index is 1450. The molecule has 1 N–H and O–H groups in total. The van der Waals surface area contributed by atoms with Crippen molar-refractivity contribution in [2.24, 2.45) is 0 Å². The molecule has 5 heterocycles. The molecule has 12 heteroatoms. The summed E-state index contributed by atoms with van der Waals surface area (Å²) < 4.78 is 27.8. The smallest absolute Gasteiger partial charge is 0.242 e. The first kappa shape index (κ1) is 24.5. The highest BCUT2D eigenvalue weighted by Crippen LogP contribution is 2.32. The van der Waals surface area contributed by atoms with Gasteiger partial charge in [0.2, 0.25) is 17.7 Å². The summed E-state index contributed by atoms with van der Waals surface area (Å²) in [7, 11) is 1.50. The number of nitrogens with zero attached hydrogens (tertiary/aromatic N) is 7. The molecule has 0 saturated carbocycles. The first-order chi connectivity index (χ1) is 17.9. The van der Waals surface area contributed by atoms with Crippen LogP contribution in [0.5, 0.6) is 5.88 Å². The molecule has 4 aromatic heterocycles. The highest BCUT2D eigenvalue weighted by atomic mass is 19.1. The van der Waals surface area contributed by atoms with Gasteiger partial charge in [0, 0.05) is 12.6 Å². The molecule has 4 aromatic rings. The Balaban J connectivity index is 1.46. The fourth-order valence-corrected chi connectivity index (χ4v) is 4.39. The number of methoxy groups -OCH3 is 1. The molecule has 37 heavy (non-hydrogen) atoms. The van der Waals surface area contributed by atoms with Crippen LogP contribution in [0.25, 0.3) is 22.4 Å². The van der Waals surface area contributed by atoms with Crippen molar-refractivity contribution in [3.63, 3.8) is 0 Å². The fraction of sp³-hybridized carbons (Fsp3) is 0.360. The van der Waals surface area contributed by atoms with E-state index in [-0.39, 0.29) is 29.5 Å². The monoisotopic (exact) mass is 506 g/mol. The summed E-state index contributed by atoms with van der Waals surface area (Å²) in [5.74, 6) is 1.03. The third kappa shape index (κ3) is 4.79. The van der Waals surface area contributed by atoms with Crippen molar-refractivity contribution in [3.8, 4) is 17.3 Å². The van der Waals surface area contributed by atoms with Gasteiger partial charge in [0.15, 0.2) is 11.3 Å². The number of fused-ring (bicyclic) bond motifs is 1. The van der Waals surface area contributed by atoms with E-state index in [4.69, 9.17) is 9.47 Å². The minimum Gasteiger partial charge on any atom is -0.479 e. The van der Waals surface area contributed by atoms with Gasteiger partial charge in [-0.1, -0.05) is 0 Å². The predicted octanol–water partition coefficient (Wildman–Crippen LogP) is 3.82. The number of anilines is 3. The topological polar surface area (TPSA) is 120 Å². The summed E-state index contributed by atoms with van der Waals surface area (Å²) in [5.41, 5.74) is 2.35. The lowest BCUT2D eigenvalue weighted by Crippen LogP contribution is -2.31. The van der Waals surface area contributed by atoms with Crippen molar-refractivity contribution in [2.75, 3.05) is 37.1 Å². The number of hydrogen-bond acceptors (Lipinski definition) is 9. The second kappa shape index (κ2) is 10.1. The van der Waals surface area contributed by atoms with Crippen molar-refractivity contribution in [2.45, 2.75) is 33.2 Å². The van der Waals surface area contributed by atoms with E-state index in [9.17, 15) is 9.18 Å². The molecular formula is C25H27FN8O3. The number of imidazole rings is 1. The van der Waals surface area contributed by atoms with Crippen LogP contribution in [0.15, 0.2) is 30.6 Å². The molecule has 0 atom stereocenters. The van der Waals surface area contributed by atoms with Crippen molar-refractivity contribution >= 4 is 34.4 Å². The molecule has 1 aliphatic rings. The Morgan fingerprint density at radius 2 is 1.97 bits per heavy atom. The number of aromatic nitrogens is 6. The molecule has 0 unspecified atom stereocenters. The van der Waals surface area contributed by atoms with Gasteiger partial charge in [-0.3, -0.25) is 4.79 Å². The summed E-state index contributed by atoms with van der Waals surface area (Å²) in [6.07, 6.45) is 3.00. The van der Waals surface area contributed by atoms with Crippen LogP contribution in [0, 0.1) is 12.7 Å². The van der Waals surface area contributed by atoms with Gasteiger partial charge in [0.25, 0.3) is 0 Å². The zero-order chi connectivity index (χ0) is 26.1. The molecule has 0 spiro atoms. The van der Waals surface area contributed by atoms with Gasteiger partial charge < -0.3 is 24.3 Å². The molecule has 1 fully saturated rings. The quantitative estimate of drug-likeness (QED) is 0.416. The summed E-state index contributed by atoms with van der Waals surface area (Å²) in [6.45, 7) is 7.35. The third-order valence-electron chi connectivity index (χ3n) is 6.04. The first-order valence-corrected chi connectivity index (χ1v) is 11.9. The Labute approximate surface area is 212 Å². The first-order valence-electron chi connectivity index (χ1n) is 11.9. The molecular weight excluding hydrogens is 479 g/mol. The van der Waals surface area contributed by atoms with Crippen molar-refractivity contribution in [1.82, 2.24) is 29.5 Å². The Kier molecular flexibility index (Phi) is 6.66. The van der Waals surface area contributed by atoms with E-state index in [2.05, 4.69) is 30.2 Å². The average molecular weight is 507 g/mol. The SMILES string of the molecule is COc1nc(-c2nc(Nc3ccc(N4CCOCCC4=O)cn3)ncc2F)cc2c1nc(C)n2C(C)C. The average Bonchev–Trinajstić information content (AvgIpc) is 3.07. The largest absolute Gasteiger partial charge is 0.479 e. The van der Waals surface area contributed by atoms with Gasteiger partial charge >= 0.3 is 0 Å². The molecule has 11 nitrogen and oxygen atoms in total. The number of hydrogen-bond donors (Lipinski definition) is 1. The van der Waals surface area contributed by atoms with E-state index in [0.29, 0.717) is 48.9 Å². The van der Waals surface area contributed by atoms with Crippen LogP contribution >= 0.6 is 0 Å². The number of ether oxygens (including phenoxy) is 2. The fourth-order valence-electron chi connectivity index (χ4n) is 4.39. The number of amides is 1. The summed E-state index contributed by atoms with van der Waals surface area (Å²) in [6, 6.07) is 5.36. The summed E-state index contributed by atoms with van der Waals surface area (Å²) >= 11 is 0. The van der Waals surface area contributed by atoms with E-state index in [1.165, 1.54) is 7.11 Å². The standard InChI is InChI=1S/C25H27FN8O3/c1-14(2)34-15(3)29-23-19(34)11-18(30-24(23)36-4)22-17(26)13-28-25(32-22)31-20-6-5-16(12-27-20)33-8-10-37-9-7-21(33)35/h5-6,11-14H,7-10H2,1-4H3,(H,27,28,31,32). The number of pyridine rings is 2. The number of rotatable bonds is 6. The van der Waals surface area contributed by atoms with Gasteiger partial charge in [-0.05, 0) is 39.0 Å². The third-order valence-corrected chi connectivity index (χ3v) is 6.04. The number of carbonyl (C=O) groups is 1. The predicted molar refractivity (Wildman–Crippen MR) is 135 cm³/mol. The van der Waals surface area contributed by atoms with Gasteiger partial charge in [-0.15, -0.1) is 0 Å². The molecule has 192 valence electrons. The lowest BCUT2D eigenvalue weighted by Gasteiger charge is -2.19. The van der Waals surface area contributed by atoms with E-state index in [1.807, 2.05) is 25.3 Å². The van der Waals surface area contributed by atoms with Crippen LogP contribution in [-0.2, 0) is 9.53 Å². The maximum absolute atomic E-state index is 14.9. The van der Waals surface area contributed by atoms with Crippen LogP contribution in [0.2, 0.25) is 0 Å². The summed E-state index contributed by atoms with van der Waals surface area (Å²) in [4.78, 5) is 35.8. The second-order valence-electron chi connectivity index (χ2n) is 8.83. The zero-order valence-electron chi connectivity index (χ0n) is 21.0. The number of nitrogens with one attached hydrogen (secondary N) is 1. The van der Waals surface area contributed by atoms with Crippen LogP contribution in [0.1, 0.15) is 32.1 Å². The Hall–Kier alpha value is -4.19. The maximum Gasteiger partial charge on any atom is 0.242 e. The van der Waals surface area contributed by atoms with Gasteiger partial charge in [-0.25, -0.2) is 29.3 Å². The molecule has 0 aromatic carbocycles. The highest BCUT2D eigenvalue weighted by molar-refractivity contribution is 5.93. The number of halogens is 1. The number of carbonyl (C=O) groups excluding carboxylic acids is 1. The molecule has 0 radical (unpaired) electrons. The molecule has 0 bridgehead atoms. The van der Waals surface area contributed by atoms with Crippen molar-refractivity contribution < 1.29 is 18.7 Å². The van der Waals surface area contributed by atoms with E-state index < -0.39 is 5.82 Å². The van der Waals surface area contributed by atoms with Gasteiger partial charge in [0.05, 0.1) is 56.0 Å². The van der Waals surface area contributed by atoms with Gasteiger partial charge in [-0.2, -0.15) is 0 Å². The minimum atomic E-state index is -0.628. The Morgan fingerprint density at radius 3 is 2.70 bits per heavy atom.